The van der Waals surface area contributed by atoms with Crippen LogP contribution in [0.15, 0.2) is 47.9 Å². The molecule has 146 valence electrons. The quantitative estimate of drug-likeness (QED) is 0.650. The molecule has 7 atom stereocenters. The molecular weight excluding hydrogens is 347 g/mol. The van der Waals surface area contributed by atoms with Gasteiger partial charge in [-0.05, 0) is 35.8 Å². The molecule has 0 bridgehead atoms. The van der Waals surface area contributed by atoms with Gasteiger partial charge < -0.3 is 15.3 Å². The molecule has 4 rings (SSSR count). The van der Waals surface area contributed by atoms with Crippen molar-refractivity contribution in [3.05, 3.63) is 47.9 Å². The highest BCUT2D eigenvalue weighted by Crippen LogP contribution is 2.68. The first-order valence-electron chi connectivity index (χ1n) is 9.59. The van der Waals surface area contributed by atoms with Crippen molar-refractivity contribution < 1.29 is 24.5 Å². The third-order valence-electron chi connectivity index (χ3n) is 7.99. The van der Waals surface area contributed by atoms with Crippen molar-refractivity contribution in [2.75, 3.05) is 6.61 Å². The fourth-order valence-electron chi connectivity index (χ4n) is 6.74. The van der Waals surface area contributed by atoms with E-state index in [1.807, 2.05) is 25.2 Å². The van der Waals surface area contributed by atoms with E-state index in [1.165, 1.54) is 0 Å². The standard InChI is InChI=1S/C22H27FO4/c1-12-8-15-13-9-16(23)14-6-4-5-7-20(14,2)19(13)17(25)10-21(15,3)22(12,27)18(26)11-24/h4-7,13,15,17,19,24-25,27H,1,8-11H2,2-3H3/t13-,15-,17?,19+,20-,21-,22-/m0/s1. The number of carbonyl (C=O) groups excluding carboxylic acids is 1. The summed E-state index contributed by atoms with van der Waals surface area (Å²) in [6.45, 7) is 6.88. The van der Waals surface area contributed by atoms with Crippen molar-refractivity contribution in [2.45, 2.75) is 44.8 Å². The van der Waals surface area contributed by atoms with E-state index in [2.05, 4.69) is 6.58 Å². The lowest BCUT2D eigenvalue weighted by molar-refractivity contribution is -0.171. The van der Waals surface area contributed by atoms with Gasteiger partial charge in [0.25, 0.3) is 0 Å². The zero-order chi connectivity index (χ0) is 19.8. The lowest BCUT2D eigenvalue weighted by atomic mass is 9.47. The molecule has 3 N–H and O–H groups in total. The van der Waals surface area contributed by atoms with Crippen molar-refractivity contribution in [3.63, 3.8) is 0 Å². The minimum absolute atomic E-state index is 0.182. The van der Waals surface area contributed by atoms with Crippen LogP contribution in [0, 0.1) is 28.6 Å². The van der Waals surface area contributed by atoms with Gasteiger partial charge in [0.1, 0.15) is 12.4 Å². The second-order valence-electron chi connectivity index (χ2n) is 9.11. The maximum atomic E-state index is 15.1. The van der Waals surface area contributed by atoms with Crippen LogP contribution in [0.2, 0.25) is 0 Å². The molecule has 1 unspecified atom stereocenters. The Bertz CT molecular complexity index is 811. The van der Waals surface area contributed by atoms with Gasteiger partial charge in [-0.25, -0.2) is 4.39 Å². The molecule has 0 aromatic heterocycles. The van der Waals surface area contributed by atoms with E-state index in [0.717, 1.165) is 0 Å². The Kier molecular flexibility index (Phi) is 3.98. The Balaban J connectivity index is 1.85. The largest absolute Gasteiger partial charge is 0.393 e. The van der Waals surface area contributed by atoms with Crippen LogP contribution in [0.25, 0.3) is 0 Å². The zero-order valence-electron chi connectivity index (χ0n) is 15.8. The first kappa shape index (κ1) is 18.8. The predicted molar refractivity (Wildman–Crippen MR) is 99.1 cm³/mol. The molecule has 0 aliphatic heterocycles. The molecule has 0 heterocycles. The van der Waals surface area contributed by atoms with Gasteiger partial charge in [0.2, 0.25) is 0 Å². The highest BCUT2D eigenvalue weighted by Gasteiger charge is 2.69. The molecule has 0 spiro atoms. The number of allylic oxidation sites excluding steroid dienone is 6. The fraction of sp³-hybridized carbons (Fsp3) is 0.591. The third-order valence-corrected chi connectivity index (χ3v) is 7.99. The molecule has 2 saturated carbocycles. The van der Waals surface area contributed by atoms with Gasteiger partial charge in [0.05, 0.1) is 6.10 Å². The lowest BCUT2D eigenvalue weighted by Crippen LogP contribution is -2.61. The van der Waals surface area contributed by atoms with E-state index in [-0.39, 0.29) is 36.4 Å². The number of aliphatic hydroxyl groups is 3. The van der Waals surface area contributed by atoms with Crippen molar-refractivity contribution in [3.8, 4) is 0 Å². The summed E-state index contributed by atoms with van der Waals surface area (Å²) >= 11 is 0. The summed E-state index contributed by atoms with van der Waals surface area (Å²) < 4.78 is 15.1. The maximum Gasteiger partial charge on any atom is 0.194 e. The van der Waals surface area contributed by atoms with E-state index in [0.29, 0.717) is 17.6 Å². The number of halogens is 1. The van der Waals surface area contributed by atoms with Gasteiger partial charge in [-0.15, -0.1) is 0 Å². The number of carbonyl (C=O) groups is 1. The highest BCUT2D eigenvalue weighted by atomic mass is 19.1. The van der Waals surface area contributed by atoms with E-state index in [9.17, 15) is 20.1 Å². The summed E-state index contributed by atoms with van der Waals surface area (Å²) in [5.74, 6) is -1.50. The Hall–Kier alpha value is -1.56. The molecule has 0 aromatic carbocycles. The molecular formula is C22H27FO4. The zero-order valence-corrected chi connectivity index (χ0v) is 15.8. The molecule has 4 aliphatic rings. The maximum absolute atomic E-state index is 15.1. The second-order valence-corrected chi connectivity index (χ2v) is 9.11. The summed E-state index contributed by atoms with van der Waals surface area (Å²) in [4.78, 5) is 12.5. The van der Waals surface area contributed by atoms with Gasteiger partial charge in [0, 0.05) is 23.2 Å². The summed E-state index contributed by atoms with van der Waals surface area (Å²) in [6.07, 6.45) is 7.43. The molecule has 4 nitrogen and oxygen atoms in total. The SMILES string of the molecule is C=C1C[C@H]2[C@@H]3CC(F)=C4C=CC=C[C@]4(C)[C@H]3C(O)C[C@]2(C)[C@@]1(O)C(=O)CO. The van der Waals surface area contributed by atoms with Crippen LogP contribution >= 0.6 is 0 Å². The Morgan fingerprint density at radius 1 is 1.33 bits per heavy atom. The summed E-state index contributed by atoms with van der Waals surface area (Å²) in [7, 11) is 0. The van der Waals surface area contributed by atoms with Gasteiger partial charge >= 0.3 is 0 Å². The molecule has 0 aromatic rings. The van der Waals surface area contributed by atoms with Gasteiger partial charge in [-0.2, -0.15) is 0 Å². The molecule has 0 saturated heterocycles. The second kappa shape index (κ2) is 5.72. The average molecular weight is 374 g/mol. The number of Topliss-reactive ketones (excluding diaryl/α,β-unsaturated/α-hetero) is 1. The molecule has 0 radical (unpaired) electrons. The Morgan fingerprint density at radius 3 is 2.70 bits per heavy atom. The van der Waals surface area contributed by atoms with Gasteiger partial charge in [-0.3, -0.25) is 4.79 Å². The van der Waals surface area contributed by atoms with Crippen LogP contribution in [0.3, 0.4) is 0 Å². The molecule has 2 fully saturated rings. The fourth-order valence-corrected chi connectivity index (χ4v) is 6.74. The van der Waals surface area contributed by atoms with Crippen LogP contribution in [-0.2, 0) is 4.79 Å². The molecule has 5 heteroatoms. The Morgan fingerprint density at radius 2 is 2.04 bits per heavy atom. The average Bonchev–Trinajstić information content (AvgIpc) is 2.82. The molecule has 4 aliphatic carbocycles. The van der Waals surface area contributed by atoms with Crippen molar-refractivity contribution in [1.82, 2.24) is 0 Å². The van der Waals surface area contributed by atoms with Crippen LogP contribution < -0.4 is 0 Å². The van der Waals surface area contributed by atoms with Crippen molar-refractivity contribution >= 4 is 5.78 Å². The summed E-state index contributed by atoms with van der Waals surface area (Å²) in [5, 5.41) is 31.9. The molecule has 0 amide bonds. The summed E-state index contributed by atoms with van der Waals surface area (Å²) in [6, 6.07) is 0. The first-order valence-corrected chi connectivity index (χ1v) is 9.59. The van der Waals surface area contributed by atoms with Crippen molar-refractivity contribution in [2.24, 2.45) is 28.6 Å². The highest BCUT2D eigenvalue weighted by molar-refractivity contribution is 5.93. The molecule has 27 heavy (non-hydrogen) atoms. The lowest BCUT2D eigenvalue weighted by Gasteiger charge is -2.58. The normalized spacial score (nSPS) is 48.3. The third kappa shape index (κ3) is 2.11. The number of fused-ring (bicyclic) bond motifs is 5. The van der Waals surface area contributed by atoms with E-state index in [4.69, 9.17) is 0 Å². The van der Waals surface area contributed by atoms with Crippen LogP contribution in [0.5, 0.6) is 0 Å². The number of hydrogen-bond acceptors (Lipinski definition) is 4. The summed E-state index contributed by atoms with van der Waals surface area (Å²) in [5.41, 5.74) is -2.51. The van der Waals surface area contributed by atoms with E-state index in [1.54, 1.807) is 13.0 Å². The number of hydrogen-bond donors (Lipinski definition) is 3. The van der Waals surface area contributed by atoms with Crippen LogP contribution in [-0.4, -0.2) is 39.4 Å². The monoisotopic (exact) mass is 374 g/mol. The number of aliphatic hydroxyl groups excluding tert-OH is 2. The van der Waals surface area contributed by atoms with Gasteiger partial charge in [0.15, 0.2) is 11.4 Å². The van der Waals surface area contributed by atoms with E-state index >= 15 is 4.39 Å². The predicted octanol–water partition coefficient (Wildman–Crippen LogP) is 2.62. The Labute approximate surface area is 158 Å². The first-order chi connectivity index (χ1) is 12.6. The van der Waals surface area contributed by atoms with Crippen LogP contribution in [0.1, 0.15) is 33.1 Å². The van der Waals surface area contributed by atoms with Gasteiger partial charge in [-0.1, -0.05) is 44.7 Å². The minimum atomic E-state index is -1.89. The minimum Gasteiger partial charge on any atom is -0.393 e. The number of ketones is 1. The topological polar surface area (TPSA) is 77.8 Å². The number of rotatable bonds is 2. The van der Waals surface area contributed by atoms with Crippen LogP contribution in [0.4, 0.5) is 4.39 Å². The van der Waals surface area contributed by atoms with E-state index < -0.39 is 34.9 Å². The van der Waals surface area contributed by atoms with Crippen molar-refractivity contribution in [1.29, 1.82) is 0 Å². The smallest absolute Gasteiger partial charge is 0.194 e.